The van der Waals surface area contributed by atoms with Gasteiger partial charge >= 0.3 is 0 Å². The highest BCUT2D eigenvalue weighted by Crippen LogP contribution is 2.16. The van der Waals surface area contributed by atoms with Crippen molar-refractivity contribution in [2.45, 2.75) is 33.7 Å². The minimum Gasteiger partial charge on any atom is -0.383 e. The van der Waals surface area contributed by atoms with Gasteiger partial charge in [0.15, 0.2) is 0 Å². The van der Waals surface area contributed by atoms with Crippen molar-refractivity contribution in [2.75, 3.05) is 32.1 Å². The third kappa shape index (κ3) is 5.05. The van der Waals surface area contributed by atoms with E-state index < -0.39 is 0 Å². The summed E-state index contributed by atoms with van der Waals surface area (Å²) in [6, 6.07) is 7.93. The van der Waals surface area contributed by atoms with Crippen LogP contribution in [0.15, 0.2) is 24.3 Å². The van der Waals surface area contributed by atoms with E-state index in [-0.39, 0.29) is 11.9 Å². The lowest BCUT2D eigenvalue weighted by Gasteiger charge is -2.23. The fourth-order valence-electron chi connectivity index (χ4n) is 2.23. The predicted octanol–water partition coefficient (Wildman–Crippen LogP) is 3.25. The molecule has 4 nitrogen and oxygen atoms in total. The number of carbonyl (C=O) groups is 1. The highest BCUT2D eigenvalue weighted by Gasteiger charge is 2.15. The fraction of sp³-hybridized carbons (Fsp3) is 0.588. The third-order valence-corrected chi connectivity index (χ3v) is 3.66. The number of nitrogens with one attached hydrogen (secondary N) is 1. The van der Waals surface area contributed by atoms with Gasteiger partial charge in [-0.2, -0.15) is 0 Å². The van der Waals surface area contributed by atoms with Crippen LogP contribution in [0.2, 0.25) is 0 Å². The molecule has 118 valence electrons. The average molecular weight is 292 g/mol. The maximum absolute atomic E-state index is 12.4. The SMILES string of the molecule is CCN(CC)C(=O)c1cccc(NC(COC)C(C)C)c1. The smallest absolute Gasteiger partial charge is 0.253 e. The molecule has 0 bridgehead atoms. The molecular formula is C17H28N2O2. The van der Waals surface area contributed by atoms with E-state index in [9.17, 15) is 4.79 Å². The Morgan fingerprint density at radius 2 is 1.95 bits per heavy atom. The van der Waals surface area contributed by atoms with Crippen LogP contribution >= 0.6 is 0 Å². The summed E-state index contributed by atoms with van der Waals surface area (Å²) in [4.78, 5) is 14.2. The number of rotatable bonds is 8. The third-order valence-electron chi connectivity index (χ3n) is 3.66. The molecule has 0 aliphatic rings. The molecule has 1 unspecified atom stereocenters. The number of amides is 1. The van der Waals surface area contributed by atoms with E-state index >= 15 is 0 Å². The molecule has 1 amide bonds. The molecule has 0 heterocycles. The summed E-state index contributed by atoms with van der Waals surface area (Å²) in [7, 11) is 1.71. The zero-order valence-electron chi connectivity index (χ0n) is 13.8. The van der Waals surface area contributed by atoms with Crippen molar-refractivity contribution in [1.29, 1.82) is 0 Å². The van der Waals surface area contributed by atoms with Gasteiger partial charge < -0.3 is 15.0 Å². The number of hydrogen-bond acceptors (Lipinski definition) is 3. The number of hydrogen-bond donors (Lipinski definition) is 1. The van der Waals surface area contributed by atoms with E-state index in [1.807, 2.05) is 43.0 Å². The van der Waals surface area contributed by atoms with Gasteiger partial charge in [0.05, 0.1) is 12.6 Å². The van der Waals surface area contributed by atoms with Crippen LogP contribution < -0.4 is 5.32 Å². The predicted molar refractivity (Wildman–Crippen MR) is 87.8 cm³/mol. The molecule has 1 aromatic rings. The van der Waals surface area contributed by atoms with Gasteiger partial charge in [-0.1, -0.05) is 19.9 Å². The molecule has 0 spiro atoms. The number of benzene rings is 1. The Balaban J connectivity index is 2.87. The summed E-state index contributed by atoms with van der Waals surface area (Å²) in [5, 5.41) is 3.45. The molecule has 21 heavy (non-hydrogen) atoms. The molecule has 1 atom stereocenters. The summed E-state index contributed by atoms with van der Waals surface area (Å²) in [6.07, 6.45) is 0. The Morgan fingerprint density at radius 1 is 1.29 bits per heavy atom. The van der Waals surface area contributed by atoms with Gasteiger partial charge in [0.2, 0.25) is 0 Å². The summed E-state index contributed by atoms with van der Waals surface area (Å²) in [6.45, 7) is 10.4. The molecule has 1 rings (SSSR count). The Kier molecular flexibility index (Phi) is 7.23. The first-order valence-corrected chi connectivity index (χ1v) is 7.68. The lowest BCUT2D eigenvalue weighted by Crippen LogP contribution is -2.31. The number of carbonyl (C=O) groups excluding carboxylic acids is 1. The number of ether oxygens (including phenoxy) is 1. The lowest BCUT2D eigenvalue weighted by molar-refractivity contribution is 0.0773. The number of anilines is 1. The normalized spacial score (nSPS) is 12.3. The Bertz CT molecular complexity index is 442. The van der Waals surface area contributed by atoms with Crippen LogP contribution in [0.4, 0.5) is 5.69 Å². The number of methoxy groups -OCH3 is 1. The summed E-state index contributed by atoms with van der Waals surface area (Å²) < 4.78 is 5.25. The molecule has 1 N–H and O–H groups in total. The van der Waals surface area contributed by atoms with Crippen LogP contribution in [-0.4, -0.2) is 43.7 Å². The Hall–Kier alpha value is -1.55. The van der Waals surface area contributed by atoms with Crippen LogP contribution in [-0.2, 0) is 4.74 Å². The van der Waals surface area contributed by atoms with Gasteiger partial charge in [-0.15, -0.1) is 0 Å². The molecule has 0 saturated carbocycles. The minimum atomic E-state index is 0.0801. The first-order valence-electron chi connectivity index (χ1n) is 7.68. The maximum Gasteiger partial charge on any atom is 0.253 e. The van der Waals surface area contributed by atoms with Crippen molar-refractivity contribution in [1.82, 2.24) is 4.90 Å². The van der Waals surface area contributed by atoms with Crippen molar-refractivity contribution in [3.63, 3.8) is 0 Å². The second-order valence-corrected chi connectivity index (χ2v) is 5.51. The highest BCUT2D eigenvalue weighted by atomic mass is 16.5. The molecule has 1 aromatic carbocycles. The van der Waals surface area contributed by atoms with Crippen molar-refractivity contribution in [3.05, 3.63) is 29.8 Å². The van der Waals surface area contributed by atoms with E-state index in [1.165, 1.54) is 0 Å². The molecular weight excluding hydrogens is 264 g/mol. The van der Waals surface area contributed by atoms with Crippen LogP contribution in [0, 0.1) is 5.92 Å². The second-order valence-electron chi connectivity index (χ2n) is 5.51. The van der Waals surface area contributed by atoms with Crippen LogP contribution in [0.5, 0.6) is 0 Å². The van der Waals surface area contributed by atoms with Gasteiger partial charge in [0.25, 0.3) is 5.91 Å². The van der Waals surface area contributed by atoms with Gasteiger partial charge in [-0.3, -0.25) is 4.79 Å². The first-order chi connectivity index (χ1) is 10.0. The lowest BCUT2D eigenvalue weighted by atomic mass is 10.0. The summed E-state index contributed by atoms with van der Waals surface area (Å²) >= 11 is 0. The Labute approximate surface area is 128 Å². The molecule has 0 aromatic heterocycles. The van der Waals surface area contributed by atoms with E-state index in [0.29, 0.717) is 12.5 Å². The molecule has 0 radical (unpaired) electrons. The van der Waals surface area contributed by atoms with Gasteiger partial charge in [0, 0.05) is 31.5 Å². The van der Waals surface area contributed by atoms with Crippen LogP contribution in [0.1, 0.15) is 38.1 Å². The van der Waals surface area contributed by atoms with Crippen LogP contribution in [0.3, 0.4) is 0 Å². The molecule has 0 aliphatic carbocycles. The first kappa shape index (κ1) is 17.5. The van der Waals surface area contributed by atoms with Crippen molar-refractivity contribution < 1.29 is 9.53 Å². The highest BCUT2D eigenvalue weighted by molar-refractivity contribution is 5.95. The minimum absolute atomic E-state index is 0.0801. The zero-order valence-corrected chi connectivity index (χ0v) is 13.8. The monoisotopic (exact) mass is 292 g/mol. The number of nitrogens with zero attached hydrogens (tertiary/aromatic N) is 1. The van der Waals surface area contributed by atoms with E-state index in [4.69, 9.17) is 4.74 Å². The van der Waals surface area contributed by atoms with Gasteiger partial charge in [0.1, 0.15) is 0 Å². The van der Waals surface area contributed by atoms with Crippen molar-refractivity contribution in [3.8, 4) is 0 Å². The van der Waals surface area contributed by atoms with E-state index in [2.05, 4.69) is 19.2 Å². The molecule has 0 saturated heterocycles. The molecule has 0 aliphatic heterocycles. The maximum atomic E-state index is 12.4. The molecule has 0 fully saturated rings. The second kappa shape index (κ2) is 8.67. The van der Waals surface area contributed by atoms with Crippen LogP contribution in [0.25, 0.3) is 0 Å². The summed E-state index contributed by atoms with van der Waals surface area (Å²) in [5.41, 5.74) is 1.69. The van der Waals surface area contributed by atoms with E-state index in [1.54, 1.807) is 7.11 Å². The topological polar surface area (TPSA) is 41.6 Å². The quantitative estimate of drug-likeness (QED) is 0.799. The van der Waals surface area contributed by atoms with Gasteiger partial charge in [-0.05, 0) is 38.0 Å². The standard InChI is InChI=1S/C17H28N2O2/c1-6-19(7-2)17(20)14-9-8-10-15(11-14)18-16(12-21-5)13(3)4/h8-11,13,16,18H,6-7,12H2,1-5H3. The van der Waals surface area contributed by atoms with E-state index in [0.717, 1.165) is 24.3 Å². The van der Waals surface area contributed by atoms with Gasteiger partial charge in [-0.25, -0.2) is 0 Å². The van der Waals surface area contributed by atoms with Crippen molar-refractivity contribution >= 4 is 11.6 Å². The van der Waals surface area contributed by atoms with Crippen molar-refractivity contribution in [2.24, 2.45) is 5.92 Å². The molecule has 4 heteroatoms. The Morgan fingerprint density at radius 3 is 2.48 bits per heavy atom. The summed E-state index contributed by atoms with van der Waals surface area (Å²) in [5.74, 6) is 0.531. The largest absolute Gasteiger partial charge is 0.383 e. The average Bonchev–Trinajstić information content (AvgIpc) is 2.48. The fourth-order valence-corrected chi connectivity index (χ4v) is 2.23. The zero-order chi connectivity index (χ0) is 15.8.